The van der Waals surface area contributed by atoms with Crippen LogP contribution in [0.3, 0.4) is 0 Å². The average molecular weight is 439 g/mol. The predicted molar refractivity (Wildman–Crippen MR) is 115 cm³/mol. The molecule has 4 heterocycles. The minimum atomic E-state index is -0.268. The minimum absolute atomic E-state index is 0.163. The number of anilines is 1. The van der Waals surface area contributed by atoms with Crippen LogP contribution in [0, 0.1) is 0 Å². The Morgan fingerprint density at radius 3 is 2.73 bits per heavy atom. The molecule has 5 rings (SSSR count). The molecule has 0 saturated heterocycles. The summed E-state index contributed by atoms with van der Waals surface area (Å²) in [5, 5.41) is 8.80. The lowest BCUT2D eigenvalue weighted by Crippen LogP contribution is -2.27. The van der Waals surface area contributed by atoms with Crippen molar-refractivity contribution in [2.45, 2.75) is 17.6 Å². The maximum absolute atomic E-state index is 13.2. The molecule has 4 aromatic rings. The molecule has 1 aliphatic heterocycles. The molecule has 0 aliphatic carbocycles. The van der Waals surface area contributed by atoms with E-state index >= 15 is 0 Å². The van der Waals surface area contributed by atoms with Crippen molar-refractivity contribution in [3.8, 4) is 5.69 Å². The van der Waals surface area contributed by atoms with Crippen molar-refractivity contribution < 1.29 is 4.79 Å². The van der Waals surface area contributed by atoms with Crippen LogP contribution in [0.5, 0.6) is 0 Å². The Balaban J connectivity index is 1.46. The molecule has 1 aliphatic rings. The van der Waals surface area contributed by atoms with Gasteiger partial charge in [-0.25, -0.2) is 9.67 Å². The number of rotatable bonds is 4. The van der Waals surface area contributed by atoms with Crippen molar-refractivity contribution in [1.29, 1.82) is 0 Å². The third kappa shape index (κ3) is 3.35. The van der Waals surface area contributed by atoms with Gasteiger partial charge in [-0.3, -0.25) is 19.1 Å². The lowest BCUT2D eigenvalue weighted by Gasteiger charge is -2.13. The zero-order valence-electron chi connectivity index (χ0n) is 15.5. The number of hydrogen-bond acceptors (Lipinski definition) is 6. The summed E-state index contributed by atoms with van der Waals surface area (Å²) in [6.45, 7) is 0. The van der Waals surface area contributed by atoms with Gasteiger partial charge in [0, 0.05) is 35.3 Å². The Bertz CT molecular complexity index is 1300. The van der Waals surface area contributed by atoms with E-state index in [-0.39, 0.29) is 23.9 Å². The summed E-state index contributed by atoms with van der Waals surface area (Å²) in [4.78, 5) is 34.2. The Morgan fingerprint density at radius 2 is 1.97 bits per heavy atom. The van der Waals surface area contributed by atoms with E-state index < -0.39 is 0 Å². The molecule has 1 aromatic carbocycles. The first kappa shape index (κ1) is 18.8. The largest absolute Gasteiger partial charge is 0.326 e. The number of amides is 1. The number of thioether (sulfide) groups is 1. The van der Waals surface area contributed by atoms with E-state index in [4.69, 9.17) is 11.6 Å². The Labute approximate surface area is 179 Å². The molecule has 1 unspecified atom stereocenters. The molecule has 1 atom stereocenters. The van der Waals surface area contributed by atoms with Crippen LogP contribution in [0.15, 0.2) is 64.9 Å². The fraction of sp³-hybridized carbons (Fsp3) is 0.150. The first-order valence-electron chi connectivity index (χ1n) is 9.19. The van der Waals surface area contributed by atoms with Crippen LogP contribution in [0.1, 0.15) is 12.5 Å². The smallest absolute Gasteiger partial charge is 0.265 e. The molecule has 0 bridgehead atoms. The van der Waals surface area contributed by atoms with Crippen molar-refractivity contribution in [1.82, 2.24) is 24.3 Å². The molecule has 0 saturated carbocycles. The van der Waals surface area contributed by atoms with Crippen LogP contribution in [-0.4, -0.2) is 36.0 Å². The van der Waals surface area contributed by atoms with Gasteiger partial charge in [-0.05, 0) is 36.4 Å². The maximum atomic E-state index is 13.2. The average Bonchev–Trinajstić information content (AvgIpc) is 3.34. The molecule has 8 nitrogen and oxygen atoms in total. The fourth-order valence-electron chi connectivity index (χ4n) is 3.41. The zero-order valence-corrected chi connectivity index (χ0v) is 17.1. The van der Waals surface area contributed by atoms with Gasteiger partial charge < -0.3 is 5.32 Å². The Morgan fingerprint density at radius 1 is 1.20 bits per heavy atom. The van der Waals surface area contributed by atoms with Crippen molar-refractivity contribution in [2.75, 3.05) is 11.1 Å². The van der Waals surface area contributed by atoms with E-state index in [0.717, 1.165) is 5.69 Å². The number of fused-ring (bicyclic) bond motifs is 2. The number of nitrogens with one attached hydrogen (secondary N) is 1. The molecule has 0 radical (unpaired) electrons. The van der Waals surface area contributed by atoms with E-state index in [2.05, 4.69) is 20.4 Å². The van der Waals surface area contributed by atoms with Gasteiger partial charge in [-0.15, -0.1) is 0 Å². The highest BCUT2D eigenvalue weighted by atomic mass is 35.5. The number of carbonyl (C=O) groups is 1. The topological polar surface area (TPSA) is 94.7 Å². The molecule has 150 valence electrons. The summed E-state index contributed by atoms with van der Waals surface area (Å²) >= 11 is 7.43. The highest BCUT2D eigenvalue weighted by Gasteiger charge is 2.29. The Kier molecular flexibility index (Phi) is 4.76. The second kappa shape index (κ2) is 7.58. The summed E-state index contributed by atoms with van der Waals surface area (Å²) in [7, 11) is 0. The van der Waals surface area contributed by atoms with Crippen molar-refractivity contribution in [3.05, 3.63) is 70.4 Å². The van der Waals surface area contributed by atoms with Crippen LogP contribution in [-0.2, 0) is 4.79 Å². The molecule has 3 aromatic heterocycles. The van der Waals surface area contributed by atoms with E-state index in [1.165, 1.54) is 18.0 Å². The van der Waals surface area contributed by atoms with Gasteiger partial charge in [-0.1, -0.05) is 23.4 Å². The van der Waals surface area contributed by atoms with E-state index in [1.807, 2.05) is 12.1 Å². The van der Waals surface area contributed by atoms with Crippen LogP contribution in [0.2, 0.25) is 5.02 Å². The lowest BCUT2D eigenvalue weighted by atomic mass is 10.2. The normalized spacial score (nSPS) is 15.3. The van der Waals surface area contributed by atoms with Crippen molar-refractivity contribution in [3.63, 3.8) is 0 Å². The standard InChI is InChI=1S/C20H15ClN6O2S/c21-12-1-3-14(4-2-12)27-18-16(10-23-27)19(29)26-15(11-30-20(26)25-18)9-17(28)24-13-5-7-22-8-6-13/h1-8,10,15H,9,11H2,(H,22,24,28). The summed E-state index contributed by atoms with van der Waals surface area (Å²) in [5.74, 6) is 0.441. The first-order valence-corrected chi connectivity index (χ1v) is 10.6. The van der Waals surface area contributed by atoms with Gasteiger partial charge in [0.15, 0.2) is 10.8 Å². The molecule has 0 spiro atoms. The van der Waals surface area contributed by atoms with Gasteiger partial charge in [0.05, 0.1) is 17.9 Å². The van der Waals surface area contributed by atoms with Crippen molar-refractivity contribution in [2.24, 2.45) is 0 Å². The summed E-state index contributed by atoms with van der Waals surface area (Å²) in [6.07, 6.45) is 4.92. The highest BCUT2D eigenvalue weighted by molar-refractivity contribution is 7.99. The van der Waals surface area contributed by atoms with Crippen LogP contribution >= 0.6 is 23.4 Å². The monoisotopic (exact) mass is 438 g/mol. The quantitative estimate of drug-likeness (QED) is 0.491. The number of halogens is 1. The highest BCUT2D eigenvalue weighted by Crippen LogP contribution is 2.33. The summed E-state index contributed by atoms with van der Waals surface area (Å²) in [5.41, 5.74) is 1.73. The Hall–Kier alpha value is -3.17. The van der Waals surface area contributed by atoms with E-state index in [1.54, 1.807) is 45.9 Å². The van der Waals surface area contributed by atoms with Crippen LogP contribution < -0.4 is 10.9 Å². The minimum Gasteiger partial charge on any atom is -0.326 e. The van der Waals surface area contributed by atoms with E-state index in [9.17, 15) is 9.59 Å². The molecule has 1 N–H and O–H groups in total. The number of carbonyl (C=O) groups excluding carboxylic acids is 1. The number of nitrogens with zero attached hydrogens (tertiary/aromatic N) is 5. The number of aromatic nitrogens is 5. The molecule has 10 heteroatoms. The van der Waals surface area contributed by atoms with Crippen LogP contribution in [0.4, 0.5) is 5.69 Å². The summed E-state index contributed by atoms with van der Waals surface area (Å²) in [6, 6.07) is 10.3. The van der Waals surface area contributed by atoms with E-state index in [0.29, 0.717) is 32.7 Å². The van der Waals surface area contributed by atoms with Gasteiger partial charge in [0.1, 0.15) is 5.39 Å². The zero-order chi connectivity index (χ0) is 20.7. The lowest BCUT2D eigenvalue weighted by molar-refractivity contribution is -0.116. The maximum Gasteiger partial charge on any atom is 0.265 e. The van der Waals surface area contributed by atoms with Crippen LogP contribution in [0.25, 0.3) is 16.7 Å². The summed E-state index contributed by atoms with van der Waals surface area (Å²) < 4.78 is 3.23. The number of hydrogen-bond donors (Lipinski definition) is 1. The predicted octanol–water partition coefficient (Wildman–Crippen LogP) is 3.31. The fourth-order valence-corrected chi connectivity index (χ4v) is 4.67. The third-order valence-electron chi connectivity index (χ3n) is 4.83. The molecule has 1 amide bonds. The number of benzene rings is 1. The SMILES string of the molecule is O=C(CC1CSc2nc3c(cnn3-c3ccc(Cl)cc3)c(=O)n21)Nc1ccncc1. The van der Waals surface area contributed by atoms with Gasteiger partial charge in [0.2, 0.25) is 5.91 Å². The molecule has 30 heavy (non-hydrogen) atoms. The first-order chi connectivity index (χ1) is 14.6. The molecule has 0 fully saturated rings. The van der Waals surface area contributed by atoms with Gasteiger partial charge >= 0.3 is 0 Å². The second-order valence-corrected chi connectivity index (χ2v) is 8.22. The van der Waals surface area contributed by atoms with Crippen molar-refractivity contribution >= 4 is 46.0 Å². The number of pyridine rings is 1. The van der Waals surface area contributed by atoms with Gasteiger partial charge in [-0.2, -0.15) is 5.10 Å². The second-order valence-electron chi connectivity index (χ2n) is 6.79. The molecular weight excluding hydrogens is 424 g/mol. The molecular formula is C20H15ClN6O2S. The third-order valence-corrected chi connectivity index (χ3v) is 6.18. The van der Waals surface area contributed by atoms with Gasteiger partial charge in [0.25, 0.3) is 5.56 Å².